The van der Waals surface area contributed by atoms with Crippen molar-refractivity contribution in [1.29, 1.82) is 0 Å². The lowest BCUT2D eigenvalue weighted by Crippen LogP contribution is -2.67. The van der Waals surface area contributed by atoms with Gasteiger partial charge in [-0.25, -0.2) is 4.79 Å². The second kappa shape index (κ2) is 5.57. The number of epoxide rings is 2. The molecule has 3 heterocycles. The van der Waals surface area contributed by atoms with Crippen molar-refractivity contribution in [2.24, 2.45) is 23.2 Å². The smallest absolute Gasteiger partial charge is 0.334 e. The van der Waals surface area contributed by atoms with Gasteiger partial charge in [0.15, 0.2) is 5.60 Å². The molecule has 29 heavy (non-hydrogen) atoms. The van der Waals surface area contributed by atoms with Crippen molar-refractivity contribution in [3.8, 4) is 0 Å². The standard InChI is InChI=1S/C22H27ClO6/c1-10(2)12-6-16-22(29-16)20(3)5-4-11-13(9-26-19(11)25)14(20)7-15-21(22,28-15)18(12)27-17(24)8-23/h10,12,14-16,18H,4-9H2,1-3H3. The van der Waals surface area contributed by atoms with Gasteiger partial charge in [0.05, 0.1) is 12.2 Å². The molecule has 0 aromatic rings. The monoisotopic (exact) mass is 422 g/mol. The van der Waals surface area contributed by atoms with E-state index in [0.29, 0.717) is 12.5 Å². The quantitative estimate of drug-likeness (QED) is 0.395. The Kier molecular flexibility index (Phi) is 3.58. The predicted molar refractivity (Wildman–Crippen MR) is 102 cm³/mol. The number of esters is 2. The fourth-order valence-corrected chi connectivity index (χ4v) is 7.66. The van der Waals surface area contributed by atoms with Crippen LogP contribution in [0.3, 0.4) is 0 Å². The van der Waals surface area contributed by atoms with Crippen molar-refractivity contribution >= 4 is 23.5 Å². The highest BCUT2D eigenvalue weighted by Crippen LogP contribution is 2.79. The molecule has 0 aromatic carbocycles. The molecule has 158 valence electrons. The zero-order chi connectivity index (χ0) is 20.3. The number of alkyl halides is 1. The Hall–Kier alpha value is -1.11. The molecule has 7 heteroatoms. The number of fused-ring (bicyclic) bond motifs is 2. The number of carbonyl (C=O) groups is 2. The molecule has 6 nitrogen and oxygen atoms in total. The van der Waals surface area contributed by atoms with Crippen LogP contribution in [-0.2, 0) is 28.5 Å². The molecule has 2 saturated heterocycles. The first-order valence-corrected chi connectivity index (χ1v) is 11.3. The largest absolute Gasteiger partial charge is 0.458 e. The first kappa shape index (κ1) is 18.6. The molecule has 4 fully saturated rings. The van der Waals surface area contributed by atoms with Crippen molar-refractivity contribution < 1.29 is 28.5 Å². The molecule has 0 amide bonds. The van der Waals surface area contributed by atoms with E-state index in [1.165, 1.54) is 0 Å². The lowest BCUT2D eigenvalue weighted by molar-refractivity contribution is -0.166. The third-order valence-electron chi connectivity index (χ3n) is 8.96. The Morgan fingerprint density at radius 2 is 2.07 bits per heavy atom. The number of cyclic esters (lactones) is 1. The van der Waals surface area contributed by atoms with E-state index in [-0.39, 0.29) is 47.4 Å². The van der Waals surface area contributed by atoms with Gasteiger partial charge < -0.3 is 18.9 Å². The number of carbonyl (C=O) groups excluding carboxylic acids is 2. The summed E-state index contributed by atoms with van der Waals surface area (Å²) in [5, 5.41) is 0. The summed E-state index contributed by atoms with van der Waals surface area (Å²) in [5.41, 5.74) is 0.817. The van der Waals surface area contributed by atoms with Gasteiger partial charge in [-0.15, -0.1) is 11.6 Å². The molecule has 3 aliphatic carbocycles. The fourth-order valence-electron chi connectivity index (χ4n) is 7.59. The molecule has 6 rings (SSSR count). The second-order valence-electron chi connectivity index (χ2n) is 10.2. The van der Waals surface area contributed by atoms with Crippen LogP contribution < -0.4 is 0 Å². The summed E-state index contributed by atoms with van der Waals surface area (Å²) < 4.78 is 24.4. The molecular weight excluding hydrogens is 396 g/mol. The van der Waals surface area contributed by atoms with Crippen LogP contribution in [0.4, 0.5) is 0 Å². The maximum Gasteiger partial charge on any atom is 0.334 e. The van der Waals surface area contributed by atoms with Crippen LogP contribution in [0.1, 0.15) is 46.5 Å². The average molecular weight is 423 g/mol. The molecule has 0 N–H and O–H groups in total. The minimum atomic E-state index is -0.584. The molecule has 2 spiro atoms. The molecule has 0 radical (unpaired) electrons. The van der Waals surface area contributed by atoms with E-state index < -0.39 is 17.2 Å². The van der Waals surface area contributed by atoms with Crippen molar-refractivity contribution in [3.63, 3.8) is 0 Å². The van der Waals surface area contributed by atoms with E-state index in [2.05, 4.69) is 20.8 Å². The number of halogens is 1. The van der Waals surface area contributed by atoms with Crippen LogP contribution in [0.5, 0.6) is 0 Å². The average Bonchev–Trinajstić information content (AvgIpc) is 3.56. The SMILES string of the molecule is CC(C)C1CC2OC23C2(C)CCC4=C(COC4=O)C2CC2OC23C1OC(=O)CCl. The highest BCUT2D eigenvalue weighted by atomic mass is 35.5. The van der Waals surface area contributed by atoms with E-state index in [0.717, 1.165) is 36.8 Å². The molecule has 3 aliphatic heterocycles. The Labute approximate surface area is 175 Å². The Balaban J connectivity index is 1.44. The minimum Gasteiger partial charge on any atom is -0.458 e. The van der Waals surface area contributed by atoms with E-state index in [9.17, 15) is 9.59 Å². The summed E-state index contributed by atoms with van der Waals surface area (Å²) in [6.45, 7) is 7.03. The highest BCUT2D eigenvalue weighted by Gasteiger charge is 2.93. The van der Waals surface area contributed by atoms with Crippen LogP contribution in [0.2, 0.25) is 0 Å². The lowest BCUT2D eigenvalue weighted by atomic mass is 9.46. The summed E-state index contributed by atoms with van der Waals surface area (Å²) in [5.74, 6) is 0.0341. The zero-order valence-corrected chi connectivity index (χ0v) is 17.8. The first-order valence-electron chi connectivity index (χ1n) is 10.8. The first-order chi connectivity index (χ1) is 13.8. The molecule has 8 atom stereocenters. The van der Waals surface area contributed by atoms with Gasteiger partial charge in [0.2, 0.25) is 0 Å². The van der Waals surface area contributed by atoms with E-state index >= 15 is 0 Å². The van der Waals surface area contributed by atoms with E-state index in [1.807, 2.05) is 0 Å². The number of ether oxygens (including phenoxy) is 4. The van der Waals surface area contributed by atoms with E-state index in [1.54, 1.807) is 0 Å². The van der Waals surface area contributed by atoms with Gasteiger partial charge in [-0.2, -0.15) is 0 Å². The van der Waals surface area contributed by atoms with Crippen LogP contribution in [0, 0.1) is 23.2 Å². The molecule has 0 aromatic heterocycles. The van der Waals surface area contributed by atoms with Crippen LogP contribution in [-0.4, -0.2) is 53.9 Å². The lowest BCUT2D eigenvalue weighted by Gasteiger charge is -2.54. The third-order valence-corrected chi connectivity index (χ3v) is 9.18. The van der Waals surface area contributed by atoms with Crippen molar-refractivity contribution in [1.82, 2.24) is 0 Å². The van der Waals surface area contributed by atoms with Crippen molar-refractivity contribution in [2.75, 3.05) is 12.5 Å². The van der Waals surface area contributed by atoms with Gasteiger partial charge >= 0.3 is 11.9 Å². The number of rotatable bonds is 3. The Morgan fingerprint density at radius 1 is 1.28 bits per heavy atom. The molecule has 6 aliphatic rings. The van der Waals surface area contributed by atoms with Gasteiger partial charge in [-0.3, -0.25) is 4.79 Å². The molecule has 8 unspecified atom stereocenters. The fraction of sp³-hybridized carbons (Fsp3) is 0.818. The summed E-state index contributed by atoms with van der Waals surface area (Å²) >= 11 is 5.79. The third kappa shape index (κ3) is 1.97. The normalized spacial score (nSPS) is 51.3. The Morgan fingerprint density at radius 3 is 2.79 bits per heavy atom. The Bertz CT molecular complexity index is 852. The second-order valence-corrected chi connectivity index (χ2v) is 10.5. The summed E-state index contributed by atoms with van der Waals surface area (Å²) in [6.07, 6.45) is 3.01. The van der Waals surface area contributed by atoms with Crippen molar-refractivity contribution in [2.45, 2.75) is 76.0 Å². The maximum absolute atomic E-state index is 12.2. The van der Waals surface area contributed by atoms with Gasteiger partial charge in [0.1, 0.15) is 24.2 Å². The van der Waals surface area contributed by atoms with E-state index in [4.69, 9.17) is 30.5 Å². The summed E-state index contributed by atoms with van der Waals surface area (Å²) in [7, 11) is 0. The molecule has 0 bridgehead atoms. The molecular formula is C22H27ClO6. The van der Waals surface area contributed by atoms with Crippen molar-refractivity contribution in [3.05, 3.63) is 11.1 Å². The van der Waals surface area contributed by atoms with Gasteiger partial charge in [-0.1, -0.05) is 20.8 Å². The van der Waals surface area contributed by atoms with Gasteiger partial charge in [0.25, 0.3) is 0 Å². The maximum atomic E-state index is 12.2. The topological polar surface area (TPSA) is 77.7 Å². The van der Waals surface area contributed by atoms with Crippen LogP contribution in [0.25, 0.3) is 0 Å². The minimum absolute atomic E-state index is 0.0252. The predicted octanol–water partition coefficient (Wildman–Crippen LogP) is 2.76. The highest BCUT2D eigenvalue weighted by molar-refractivity contribution is 6.26. The van der Waals surface area contributed by atoms with Crippen LogP contribution in [0.15, 0.2) is 11.1 Å². The number of hydrogen-bond acceptors (Lipinski definition) is 6. The van der Waals surface area contributed by atoms with Gasteiger partial charge in [-0.05, 0) is 43.1 Å². The van der Waals surface area contributed by atoms with Crippen LogP contribution >= 0.6 is 11.6 Å². The number of hydrogen-bond donors (Lipinski definition) is 0. The zero-order valence-electron chi connectivity index (χ0n) is 17.0. The summed E-state index contributed by atoms with van der Waals surface area (Å²) in [6, 6.07) is 0. The summed E-state index contributed by atoms with van der Waals surface area (Å²) in [4.78, 5) is 24.4. The molecule has 2 saturated carbocycles. The van der Waals surface area contributed by atoms with Gasteiger partial charge in [0, 0.05) is 16.9 Å².